The molecule has 2 aliphatic rings. The summed E-state index contributed by atoms with van der Waals surface area (Å²) in [5, 5.41) is 5.01. The third kappa shape index (κ3) is 2.99. The van der Waals surface area contributed by atoms with Gasteiger partial charge in [0.15, 0.2) is 0 Å². The quantitative estimate of drug-likeness (QED) is 0.717. The molecule has 5 rings (SSSR count). The minimum Gasteiger partial charge on any atom is -0.373 e. The zero-order valence-electron chi connectivity index (χ0n) is 14.8. The maximum atomic E-state index is 6.02. The van der Waals surface area contributed by atoms with Crippen molar-refractivity contribution in [3.63, 3.8) is 0 Å². The first kappa shape index (κ1) is 16.2. The highest BCUT2D eigenvalue weighted by atomic mass is 32.1. The van der Waals surface area contributed by atoms with E-state index in [1.165, 1.54) is 40.7 Å². The van der Waals surface area contributed by atoms with Crippen LogP contribution in [0.1, 0.15) is 47.8 Å². The summed E-state index contributed by atoms with van der Waals surface area (Å²) in [6, 6.07) is 10.9. The second kappa shape index (κ2) is 6.97. The Morgan fingerprint density at radius 3 is 2.88 bits per heavy atom. The molecule has 4 nitrogen and oxygen atoms in total. The monoisotopic (exact) mass is 365 g/mol. The number of nitrogens with one attached hydrogen (secondary N) is 1. The molecular formula is C21H23N3OS. The fraction of sp³-hybridized carbons (Fsp3) is 0.429. The lowest BCUT2D eigenvalue weighted by molar-refractivity contribution is 0.00976. The van der Waals surface area contributed by atoms with E-state index < -0.39 is 0 Å². The summed E-state index contributed by atoms with van der Waals surface area (Å²) >= 11 is 1.86. The lowest BCUT2D eigenvalue weighted by atomic mass is 9.96. The van der Waals surface area contributed by atoms with Gasteiger partial charge in [-0.2, -0.15) is 0 Å². The van der Waals surface area contributed by atoms with Crippen LogP contribution in [0, 0.1) is 0 Å². The van der Waals surface area contributed by atoms with Crippen molar-refractivity contribution < 1.29 is 4.74 Å². The SMILES string of the molecule is c1ccc(C2CC(Nc3ncnc4sc5c(c34)CCCC5)CCO2)cc1. The zero-order chi connectivity index (χ0) is 17.3. The second-order valence-corrected chi connectivity index (χ2v) is 8.33. The van der Waals surface area contributed by atoms with Gasteiger partial charge in [0.05, 0.1) is 11.5 Å². The minimum atomic E-state index is 0.163. The summed E-state index contributed by atoms with van der Waals surface area (Å²) in [5.41, 5.74) is 2.76. The van der Waals surface area contributed by atoms with E-state index in [1.54, 1.807) is 6.33 Å². The van der Waals surface area contributed by atoms with Crippen LogP contribution in [-0.4, -0.2) is 22.6 Å². The number of aromatic nitrogens is 2. The number of hydrogen-bond acceptors (Lipinski definition) is 5. The van der Waals surface area contributed by atoms with E-state index >= 15 is 0 Å². The summed E-state index contributed by atoms with van der Waals surface area (Å²) in [7, 11) is 0. The van der Waals surface area contributed by atoms with E-state index in [4.69, 9.17) is 4.74 Å². The van der Waals surface area contributed by atoms with E-state index in [0.29, 0.717) is 6.04 Å². The largest absolute Gasteiger partial charge is 0.373 e. The Morgan fingerprint density at radius 1 is 1.08 bits per heavy atom. The number of hydrogen-bond donors (Lipinski definition) is 1. The van der Waals surface area contributed by atoms with Crippen LogP contribution in [-0.2, 0) is 17.6 Å². The van der Waals surface area contributed by atoms with E-state index in [0.717, 1.165) is 36.5 Å². The Kier molecular flexibility index (Phi) is 4.35. The maximum Gasteiger partial charge on any atom is 0.138 e. The lowest BCUT2D eigenvalue weighted by Gasteiger charge is -2.31. The predicted octanol–water partition coefficient (Wildman–Crippen LogP) is 4.90. The van der Waals surface area contributed by atoms with Crippen LogP contribution in [0.5, 0.6) is 0 Å². The molecular weight excluding hydrogens is 342 g/mol. The highest BCUT2D eigenvalue weighted by Crippen LogP contribution is 2.39. The Labute approximate surface area is 157 Å². The normalized spacial score (nSPS) is 22.9. The van der Waals surface area contributed by atoms with E-state index in [9.17, 15) is 0 Å². The summed E-state index contributed by atoms with van der Waals surface area (Å²) in [5.74, 6) is 1.02. The second-order valence-electron chi connectivity index (χ2n) is 7.25. The van der Waals surface area contributed by atoms with Gasteiger partial charge < -0.3 is 10.1 Å². The fourth-order valence-electron chi connectivity index (χ4n) is 4.22. The van der Waals surface area contributed by atoms with Gasteiger partial charge in [-0.25, -0.2) is 9.97 Å². The Bertz CT molecular complexity index is 908. The van der Waals surface area contributed by atoms with Gasteiger partial charge >= 0.3 is 0 Å². The highest BCUT2D eigenvalue weighted by Gasteiger charge is 2.26. The third-order valence-corrected chi connectivity index (χ3v) is 6.75. The van der Waals surface area contributed by atoms with E-state index in [-0.39, 0.29) is 6.10 Å². The molecule has 1 aromatic carbocycles. The first-order valence-electron chi connectivity index (χ1n) is 9.57. The molecule has 3 heterocycles. The average Bonchev–Trinajstić information content (AvgIpc) is 3.08. The van der Waals surface area contributed by atoms with Gasteiger partial charge in [0.25, 0.3) is 0 Å². The number of anilines is 1. The van der Waals surface area contributed by atoms with E-state index in [1.807, 2.05) is 11.3 Å². The molecule has 26 heavy (non-hydrogen) atoms. The molecule has 2 aromatic heterocycles. The van der Waals surface area contributed by atoms with Crippen molar-refractivity contribution in [2.45, 2.75) is 50.7 Å². The Hall–Kier alpha value is -1.98. The van der Waals surface area contributed by atoms with Gasteiger partial charge in [0, 0.05) is 17.5 Å². The fourth-order valence-corrected chi connectivity index (χ4v) is 5.45. The van der Waals surface area contributed by atoms with Gasteiger partial charge in [-0.05, 0) is 49.7 Å². The van der Waals surface area contributed by atoms with Crippen LogP contribution >= 0.6 is 11.3 Å². The van der Waals surface area contributed by atoms with Crippen molar-refractivity contribution >= 4 is 27.4 Å². The topological polar surface area (TPSA) is 47.0 Å². The molecule has 0 radical (unpaired) electrons. The number of ether oxygens (including phenoxy) is 1. The number of thiophene rings is 1. The van der Waals surface area contributed by atoms with E-state index in [2.05, 4.69) is 45.6 Å². The van der Waals surface area contributed by atoms with Gasteiger partial charge in [0.2, 0.25) is 0 Å². The number of rotatable bonds is 3. The maximum absolute atomic E-state index is 6.02. The number of aryl methyl sites for hydroxylation is 2. The number of nitrogens with zero attached hydrogens (tertiary/aromatic N) is 2. The van der Waals surface area contributed by atoms with Crippen molar-refractivity contribution in [3.8, 4) is 0 Å². The molecule has 5 heteroatoms. The van der Waals surface area contributed by atoms with Crippen molar-refractivity contribution in [2.24, 2.45) is 0 Å². The molecule has 0 spiro atoms. The van der Waals surface area contributed by atoms with Gasteiger partial charge in [-0.1, -0.05) is 30.3 Å². The van der Waals surface area contributed by atoms with Crippen molar-refractivity contribution in [2.75, 3.05) is 11.9 Å². The number of benzene rings is 1. The van der Waals surface area contributed by atoms with Crippen LogP contribution in [0.3, 0.4) is 0 Å². The highest BCUT2D eigenvalue weighted by molar-refractivity contribution is 7.19. The zero-order valence-corrected chi connectivity index (χ0v) is 15.6. The molecule has 1 aliphatic carbocycles. The summed E-state index contributed by atoms with van der Waals surface area (Å²) in [4.78, 5) is 11.8. The smallest absolute Gasteiger partial charge is 0.138 e. The Morgan fingerprint density at radius 2 is 1.96 bits per heavy atom. The van der Waals surface area contributed by atoms with Crippen molar-refractivity contribution in [3.05, 3.63) is 52.7 Å². The van der Waals surface area contributed by atoms with Crippen molar-refractivity contribution in [1.82, 2.24) is 9.97 Å². The third-order valence-electron chi connectivity index (χ3n) is 5.55. The van der Waals surface area contributed by atoms with Crippen LogP contribution in [0.25, 0.3) is 10.2 Å². The van der Waals surface area contributed by atoms with Gasteiger partial charge in [0.1, 0.15) is 17.0 Å². The Balaban J connectivity index is 1.41. The van der Waals surface area contributed by atoms with Crippen molar-refractivity contribution in [1.29, 1.82) is 0 Å². The molecule has 3 aromatic rings. The molecule has 2 atom stereocenters. The standard InChI is InChI=1S/C21H23N3OS/c1-2-6-14(7-3-1)17-12-15(10-11-25-17)24-20-19-16-8-4-5-9-18(16)26-21(19)23-13-22-20/h1-3,6-7,13,15,17H,4-5,8-12H2,(H,22,23,24). The first-order valence-corrected chi connectivity index (χ1v) is 10.4. The molecule has 0 bridgehead atoms. The molecule has 2 unspecified atom stereocenters. The summed E-state index contributed by atoms with van der Waals surface area (Å²) in [6.07, 6.45) is 8.80. The van der Waals surface area contributed by atoms with Crippen LogP contribution in [0.15, 0.2) is 36.7 Å². The molecule has 0 amide bonds. The van der Waals surface area contributed by atoms with Gasteiger partial charge in [-0.15, -0.1) is 11.3 Å². The predicted molar refractivity (Wildman–Crippen MR) is 106 cm³/mol. The molecule has 1 aliphatic heterocycles. The minimum absolute atomic E-state index is 0.163. The molecule has 1 fully saturated rings. The molecule has 1 N–H and O–H groups in total. The average molecular weight is 366 g/mol. The van der Waals surface area contributed by atoms with Crippen LogP contribution in [0.4, 0.5) is 5.82 Å². The lowest BCUT2D eigenvalue weighted by Crippen LogP contribution is -2.30. The first-order chi connectivity index (χ1) is 12.9. The van der Waals surface area contributed by atoms with Gasteiger partial charge in [-0.3, -0.25) is 0 Å². The molecule has 0 saturated carbocycles. The van der Waals surface area contributed by atoms with Crippen LogP contribution < -0.4 is 5.32 Å². The van der Waals surface area contributed by atoms with Crippen LogP contribution in [0.2, 0.25) is 0 Å². The molecule has 1 saturated heterocycles. The summed E-state index contributed by atoms with van der Waals surface area (Å²) in [6.45, 7) is 0.785. The molecule has 134 valence electrons. The summed E-state index contributed by atoms with van der Waals surface area (Å²) < 4.78 is 6.02. The number of fused-ring (bicyclic) bond motifs is 3.